The van der Waals surface area contributed by atoms with Gasteiger partial charge in [0.1, 0.15) is 5.78 Å². The summed E-state index contributed by atoms with van der Waals surface area (Å²) >= 11 is 0. The molecule has 0 saturated carbocycles. The van der Waals surface area contributed by atoms with E-state index in [1.54, 1.807) is 0 Å². The normalized spacial score (nSPS) is 11.7. The van der Waals surface area contributed by atoms with Crippen LogP contribution in [0.4, 0.5) is 0 Å². The second-order valence-corrected chi connectivity index (χ2v) is 6.18. The highest BCUT2D eigenvalue weighted by molar-refractivity contribution is 7.80. The Morgan fingerprint density at radius 2 is 1.43 bits per heavy atom. The number of carbonyl (C=O) groups excluding carboxylic acids is 1. The summed E-state index contributed by atoms with van der Waals surface area (Å²) in [5.41, 5.74) is 0. The topological polar surface area (TPSA) is 89.9 Å². The fourth-order valence-corrected chi connectivity index (χ4v) is 2.20. The van der Waals surface area contributed by atoms with Gasteiger partial charge in [0, 0.05) is 12.8 Å². The summed E-state index contributed by atoms with van der Waals surface area (Å²) in [7, 11) is -4.59. The molecule has 0 aromatic heterocycles. The quantitative estimate of drug-likeness (QED) is 0.214. The van der Waals surface area contributed by atoms with Gasteiger partial charge in [-0.05, 0) is 6.42 Å². The predicted molar refractivity (Wildman–Crippen MR) is 80.1 cm³/mol. The van der Waals surface area contributed by atoms with E-state index < -0.39 is 10.4 Å². The molecular weight excluding hydrogens is 296 g/mol. The third-order valence-electron chi connectivity index (χ3n) is 3.16. The van der Waals surface area contributed by atoms with E-state index in [1.165, 1.54) is 38.5 Å². The molecule has 0 radical (unpaired) electrons. The Labute approximate surface area is 128 Å². The van der Waals surface area contributed by atoms with E-state index in [2.05, 4.69) is 16.1 Å². The molecular formula is C14H28O6S. The molecule has 0 spiro atoms. The number of carbonyl (C=O) groups is 1. The lowest BCUT2D eigenvalue weighted by Gasteiger charge is -2.02. The van der Waals surface area contributed by atoms with Gasteiger partial charge in [-0.15, -0.1) is 0 Å². The zero-order valence-corrected chi connectivity index (χ0v) is 13.7. The van der Waals surface area contributed by atoms with Crippen molar-refractivity contribution in [3.8, 4) is 0 Å². The molecule has 0 saturated heterocycles. The van der Waals surface area contributed by atoms with Crippen LogP contribution < -0.4 is 0 Å². The third-order valence-corrected chi connectivity index (χ3v) is 3.43. The van der Waals surface area contributed by atoms with E-state index in [0.29, 0.717) is 6.42 Å². The molecule has 0 bridgehead atoms. The first-order valence-electron chi connectivity index (χ1n) is 7.76. The lowest BCUT2D eigenvalue weighted by Crippen LogP contribution is -2.08. The van der Waals surface area contributed by atoms with Gasteiger partial charge in [0.05, 0.1) is 6.61 Å². The van der Waals surface area contributed by atoms with Crippen molar-refractivity contribution in [2.45, 2.75) is 77.6 Å². The Morgan fingerprint density at radius 3 is 1.95 bits per heavy atom. The number of hydrogen-bond donors (Lipinski definition) is 1. The van der Waals surface area contributed by atoms with E-state index >= 15 is 0 Å². The first-order chi connectivity index (χ1) is 9.95. The molecule has 0 aliphatic carbocycles. The summed E-state index contributed by atoms with van der Waals surface area (Å²) in [5, 5.41) is 0. The fraction of sp³-hybridized carbons (Fsp3) is 0.929. The van der Waals surface area contributed by atoms with Crippen LogP contribution >= 0.6 is 0 Å². The van der Waals surface area contributed by atoms with Crippen molar-refractivity contribution < 1.29 is 27.0 Å². The van der Waals surface area contributed by atoms with E-state index in [1.807, 2.05) is 0 Å². The molecule has 7 heteroatoms. The molecule has 0 amide bonds. The molecule has 0 unspecified atom stereocenters. The molecule has 126 valence electrons. The van der Waals surface area contributed by atoms with Crippen LogP contribution in [0.2, 0.25) is 0 Å². The van der Waals surface area contributed by atoms with Crippen molar-refractivity contribution in [2.24, 2.45) is 0 Å². The van der Waals surface area contributed by atoms with Crippen molar-refractivity contribution in [3.63, 3.8) is 0 Å². The Bertz CT molecular complexity index is 352. The third kappa shape index (κ3) is 17.4. The minimum Gasteiger partial charge on any atom is -0.300 e. The van der Waals surface area contributed by atoms with Gasteiger partial charge in [-0.2, -0.15) is 8.42 Å². The molecule has 21 heavy (non-hydrogen) atoms. The summed E-state index contributed by atoms with van der Waals surface area (Å²) in [6.45, 7) is 2.03. The largest absolute Gasteiger partial charge is 0.424 e. The van der Waals surface area contributed by atoms with Gasteiger partial charge in [0.2, 0.25) is 0 Å². The predicted octanol–water partition coefficient (Wildman–Crippen LogP) is 3.62. The molecule has 0 aliphatic heterocycles. The van der Waals surface area contributed by atoms with E-state index in [9.17, 15) is 13.2 Å². The number of ketones is 1. The van der Waals surface area contributed by atoms with Crippen molar-refractivity contribution in [3.05, 3.63) is 0 Å². The number of hydrogen-bond acceptors (Lipinski definition) is 5. The van der Waals surface area contributed by atoms with Crippen molar-refractivity contribution in [2.75, 3.05) is 6.61 Å². The zero-order valence-electron chi connectivity index (χ0n) is 12.9. The van der Waals surface area contributed by atoms with Crippen LogP contribution in [0.25, 0.3) is 0 Å². The molecule has 0 rings (SSSR count). The SMILES string of the molecule is CCCCCCCCCCCC(=O)CCOOS(=O)(=O)O. The summed E-state index contributed by atoms with van der Waals surface area (Å²) < 4.78 is 32.2. The maximum absolute atomic E-state index is 11.4. The smallest absolute Gasteiger partial charge is 0.300 e. The summed E-state index contributed by atoms with van der Waals surface area (Å²) in [4.78, 5) is 15.6. The molecule has 0 heterocycles. The highest BCUT2D eigenvalue weighted by Gasteiger charge is 2.07. The van der Waals surface area contributed by atoms with Crippen molar-refractivity contribution >= 4 is 16.2 Å². The lowest BCUT2D eigenvalue weighted by atomic mass is 10.0. The summed E-state index contributed by atoms with van der Waals surface area (Å²) in [6, 6.07) is 0. The summed E-state index contributed by atoms with van der Waals surface area (Å²) in [5.74, 6) is 0.0110. The summed E-state index contributed by atoms with van der Waals surface area (Å²) in [6.07, 6.45) is 11.3. The molecule has 0 atom stereocenters. The van der Waals surface area contributed by atoms with E-state index in [4.69, 9.17) is 4.55 Å². The minimum atomic E-state index is -4.59. The van der Waals surface area contributed by atoms with Crippen LogP contribution in [0, 0.1) is 0 Å². The Morgan fingerprint density at radius 1 is 0.905 bits per heavy atom. The molecule has 0 aliphatic rings. The Hall–Kier alpha value is -0.500. The molecule has 0 aromatic rings. The first kappa shape index (κ1) is 20.5. The van der Waals surface area contributed by atoms with Crippen molar-refractivity contribution in [1.29, 1.82) is 0 Å². The van der Waals surface area contributed by atoms with Crippen LogP contribution in [0.5, 0.6) is 0 Å². The Balaban J connectivity index is 3.27. The van der Waals surface area contributed by atoms with Gasteiger partial charge in [-0.25, -0.2) is 4.89 Å². The van der Waals surface area contributed by atoms with Crippen LogP contribution in [-0.4, -0.2) is 25.4 Å². The average Bonchev–Trinajstić information content (AvgIpc) is 2.41. The van der Waals surface area contributed by atoms with E-state index in [-0.39, 0.29) is 18.8 Å². The average molecular weight is 324 g/mol. The maximum atomic E-state index is 11.4. The Kier molecular flexibility index (Phi) is 12.9. The lowest BCUT2D eigenvalue weighted by molar-refractivity contribution is -0.208. The van der Waals surface area contributed by atoms with Crippen LogP contribution in [0.15, 0.2) is 0 Å². The van der Waals surface area contributed by atoms with Gasteiger partial charge in [0.25, 0.3) is 0 Å². The zero-order chi connectivity index (χ0) is 16.0. The minimum absolute atomic E-state index is 0.0110. The van der Waals surface area contributed by atoms with Crippen molar-refractivity contribution in [1.82, 2.24) is 0 Å². The van der Waals surface area contributed by atoms with Crippen LogP contribution in [-0.2, 0) is 24.4 Å². The van der Waals surface area contributed by atoms with Gasteiger partial charge in [-0.3, -0.25) is 9.35 Å². The highest BCUT2D eigenvalue weighted by atomic mass is 32.3. The van der Waals surface area contributed by atoms with Crippen LogP contribution in [0.1, 0.15) is 77.6 Å². The number of rotatable bonds is 15. The maximum Gasteiger partial charge on any atom is 0.424 e. The molecule has 0 aromatic carbocycles. The molecule has 6 nitrogen and oxygen atoms in total. The standard InChI is InChI=1S/C14H28O6S/c1-2-3-4-5-6-7-8-9-10-11-14(15)12-13-19-20-21(16,17)18/h2-13H2,1H3,(H,16,17,18). The molecule has 0 fully saturated rings. The van der Waals surface area contributed by atoms with E-state index in [0.717, 1.165) is 19.3 Å². The van der Waals surface area contributed by atoms with Gasteiger partial charge in [0.15, 0.2) is 0 Å². The molecule has 1 N–H and O–H groups in total. The first-order valence-corrected chi connectivity index (χ1v) is 9.12. The van der Waals surface area contributed by atoms with Gasteiger partial charge >= 0.3 is 10.4 Å². The van der Waals surface area contributed by atoms with Gasteiger partial charge in [-0.1, -0.05) is 62.6 Å². The fourth-order valence-electron chi connectivity index (χ4n) is 2.01. The number of Topliss-reactive ketones (excluding diaryl/α,β-unsaturated/α-hetero) is 1. The second-order valence-electron chi connectivity index (χ2n) is 5.18. The van der Waals surface area contributed by atoms with Crippen LogP contribution in [0.3, 0.4) is 0 Å². The van der Waals surface area contributed by atoms with Gasteiger partial charge < -0.3 is 0 Å². The highest BCUT2D eigenvalue weighted by Crippen LogP contribution is 2.11. The second kappa shape index (κ2) is 13.2. The monoisotopic (exact) mass is 324 g/mol. The number of unbranched alkanes of at least 4 members (excludes halogenated alkanes) is 8.